The smallest absolute Gasteiger partial charge is 0.237 e. The van der Waals surface area contributed by atoms with Crippen LogP contribution >= 0.6 is 0 Å². The fourth-order valence-corrected chi connectivity index (χ4v) is 1.50. The molecule has 0 aromatic heterocycles. The highest BCUT2D eigenvalue weighted by molar-refractivity contribution is 6.51. The standard InChI is InChI=1S/C10H7NO4/c11-4-3-7(14)10(15)9-6(13)2-1-5(12)8(4)9/h1-3,12-13H,11H2. The van der Waals surface area contributed by atoms with Crippen LogP contribution in [0.1, 0.15) is 15.9 Å². The molecule has 0 saturated heterocycles. The number of hydrogen-bond acceptors (Lipinski definition) is 5. The van der Waals surface area contributed by atoms with Gasteiger partial charge in [-0.15, -0.1) is 0 Å². The lowest BCUT2D eigenvalue weighted by molar-refractivity contribution is -0.111. The molecule has 0 saturated carbocycles. The van der Waals surface area contributed by atoms with Gasteiger partial charge in [-0.2, -0.15) is 0 Å². The topological polar surface area (TPSA) is 101 Å². The number of phenolic OH excluding ortho intramolecular Hbond substituents is 2. The maximum absolute atomic E-state index is 11.4. The van der Waals surface area contributed by atoms with Crippen LogP contribution in [0, 0.1) is 0 Å². The van der Waals surface area contributed by atoms with Crippen molar-refractivity contribution >= 4 is 17.3 Å². The predicted octanol–water partition coefficient (Wildman–Crippen LogP) is 0.163. The number of benzene rings is 1. The van der Waals surface area contributed by atoms with Crippen LogP contribution in [0.2, 0.25) is 0 Å². The van der Waals surface area contributed by atoms with Gasteiger partial charge in [0, 0.05) is 11.8 Å². The van der Waals surface area contributed by atoms with E-state index >= 15 is 0 Å². The van der Waals surface area contributed by atoms with E-state index < -0.39 is 11.6 Å². The van der Waals surface area contributed by atoms with E-state index in [1.807, 2.05) is 0 Å². The van der Waals surface area contributed by atoms with Gasteiger partial charge >= 0.3 is 0 Å². The molecule has 2 rings (SSSR count). The zero-order chi connectivity index (χ0) is 11.2. The summed E-state index contributed by atoms with van der Waals surface area (Å²) >= 11 is 0. The van der Waals surface area contributed by atoms with Crippen LogP contribution < -0.4 is 5.73 Å². The van der Waals surface area contributed by atoms with E-state index in [1.165, 1.54) is 6.07 Å². The zero-order valence-electron chi connectivity index (χ0n) is 7.52. The lowest BCUT2D eigenvalue weighted by Crippen LogP contribution is -2.21. The maximum atomic E-state index is 11.4. The SMILES string of the molecule is NC1=CC(=O)C(=O)c2c(O)ccc(O)c21. The molecule has 0 amide bonds. The molecule has 5 heteroatoms. The molecule has 76 valence electrons. The van der Waals surface area contributed by atoms with Crippen LogP contribution in [-0.4, -0.2) is 21.8 Å². The van der Waals surface area contributed by atoms with Gasteiger partial charge in [0.1, 0.15) is 11.5 Å². The Morgan fingerprint density at radius 2 is 1.53 bits per heavy atom. The Balaban J connectivity index is 2.85. The van der Waals surface area contributed by atoms with E-state index in [1.54, 1.807) is 0 Å². The molecule has 0 aliphatic heterocycles. The van der Waals surface area contributed by atoms with Crippen LogP contribution in [0.3, 0.4) is 0 Å². The number of rotatable bonds is 0. The first-order valence-electron chi connectivity index (χ1n) is 4.13. The number of carbonyl (C=O) groups is 2. The first-order valence-corrected chi connectivity index (χ1v) is 4.13. The van der Waals surface area contributed by atoms with Crippen molar-refractivity contribution in [2.75, 3.05) is 0 Å². The van der Waals surface area contributed by atoms with Crippen molar-refractivity contribution in [3.63, 3.8) is 0 Å². The van der Waals surface area contributed by atoms with E-state index in [9.17, 15) is 19.8 Å². The van der Waals surface area contributed by atoms with E-state index in [0.717, 1.165) is 12.1 Å². The molecule has 4 N–H and O–H groups in total. The second kappa shape index (κ2) is 2.84. The van der Waals surface area contributed by atoms with Crippen LogP contribution in [0.5, 0.6) is 11.5 Å². The summed E-state index contributed by atoms with van der Waals surface area (Å²) in [6, 6.07) is 2.34. The van der Waals surface area contributed by atoms with E-state index in [-0.39, 0.29) is 28.3 Å². The minimum Gasteiger partial charge on any atom is -0.507 e. The van der Waals surface area contributed by atoms with Gasteiger partial charge in [-0.3, -0.25) is 9.59 Å². The summed E-state index contributed by atoms with van der Waals surface area (Å²) in [7, 11) is 0. The fraction of sp³-hybridized carbons (Fsp3) is 0. The van der Waals surface area contributed by atoms with Gasteiger partial charge in [-0.1, -0.05) is 0 Å². The third-order valence-corrected chi connectivity index (χ3v) is 2.19. The minimum absolute atomic E-state index is 0.0135. The predicted molar refractivity (Wildman–Crippen MR) is 51.3 cm³/mol. The summed E-state index contributed by atoms with van der Waals surface area (Å²) in [5.74, 6) is -2.27. The lowest BCUT2D eigenvalue weighted by atomic mass is 9.91. The van der Waals surface area contributed by atoms with Gasteiger partial charge in [0.25, 0.3) is 0 Å². The lowest BCUT2D eigenvalue weighted by Gasteiger charge is -2.15. The van der Waals surface area contributed by atoms with Crippen molar-refractivity contribution in [2.24, 2.45) is 5.73 Å². The quantitative estimate of drug-likeness (QED) is 0.414. The van der Waals surface area contributed by atoms with Gasteiger partial charge in [0.05, 0.1) is 11.1 Å². The van der Waals surface area contributed by atoms with Gasteiger partial charge in [0.2, 0.25) is 11.6 Å². The van der Waals surface area contributed by atoms with Crippen molar-refractivity contribution in [2.45, 2.75) is 0 Å². The van der Waals surface area contributed by atoms with Crippen molar-refractivity contribution in [3.05, 3.63) is 29.3 Å². The Kier molecular flexibility index (Phi) is 1.76. The summed E-state index contributed by atoms with van der Waals surface area (Å²) in [5, 5.41) is 18.9. The van der Waals surface area contributed by atoms with Crippen LogP contribution in [0.25, 0.3) is 5.70 Å². The molecule has 0 fully saturated rings. The van der Waals surface area contributed by atoms with Crippen molar-refractivity contribution in [3.8, 4) is 11.5 Å². The number of aromatic hydroxyl groups is 2. The number of hydrogen-bond donors (Lipinski definition) is 3. The molecule has 0 bridgehead atoms. The highest BCUT2D eigenvalue weighted by Gasteiger charge is 2.29. The van der Waals surface area contributed by atoms with Crippen molar-refractivity contribution in [1.29, 1.82) is 0 Å². The molecule has 0 unspecified atom stereocenters. The normalized spacial score (nSPS) is 14.8. The molecule has 1 aliphatic carbocycles. The van der Waals surface area contributed by atoms with E-state index in [0.29, 0.717) is 0 Å². The zero-order valence-corrected chi connectivity index (χ0v) is 7.52. The maximum Gasteiger partial charge on any atom is 0.237 e. The Morgan fingerprint density at radius 3 is 2.13 bits per heavy atom. The largest absolute Gasteiger partial charge is 0.507 e. The Morgan fingerprint density at radius 1 is 1.00 bits per heavy atom. The molecule has 15 heavy (non-hydrogen) atoms. The van der Waals surface area contributed by atoms with Crippen LogP contribution in [0.15, 0.2) is 18.2 Å². The molecular weight excluding hydrogens is 198 g/mol. The third-order valence-electron chi connectivity index (χ3n) is 2.19. The highest BCUT2D eigenvalue weighted by Crippen LogP contribution is 2.35. The van der Waals surface area contributed by atoms with E-state index in [4.69, 9.17) is 5.73 Å². The Bertz CT molecular complexity index is 516. The van der Waals surface area contributed by atoms with Gasteiger partial charge < -0.3 is 15.9 Å². The molecule has 0 radical (unpaired) electrons. The fourth-order valence-electron chi connectivity index (χ4n) is 1.50. The Hall–Kier alpha value is -2.30. The first kappa shape index (κ1) is 9.26. The number of carbonyl (C=O) groups excluding carboxylic acids is 2. The van der Waals surface area contributed by atoms with Gasteiger partial charge in [-0.05, 0) is 12.1 Å². The van der Waals surface area contributed by atoms with Crippen molar-refractivity contribution < 1.29 is 19.8 Å². The molecule has 1 aromatic rings. The Labute approximate surface area is 84.4 Å². The number of nitrogens with two attached hydrogens (primary N) is 1. The number of Topliss-reactive ketones (excluding diaryl/α,β-unsaturated/α-hetero) is 1. The molecule has 5 nitrogen and oxygen atoms in total. The average molecular weight is 205 g/mol. The second-order valence-corrected chi connectivity index (χ2v) is 3.15. The number of fused-ring (bicyclic) bond motifs is 1. The molecule has 0 atom stereocenters. The second-order valence-electron chi connectivity index (χ2n) is 3.15. The molecule has 1 aliphatic rings. The van der Waals surface area contributed by atoms with Crippen molar-refractivity contribution in [1.82, 2.24) is 0 Å². The van der Waals surface area contributed by atoms with E-state index in [2.05, 4.69) is 0 Å². The van der Waals surface area contributed by atoms with Crippen LogP contribution in [-0.2, 0) is 4.79 Å². The summed E-state index contributed by atoms with van der Waals surface area (Å²) in [5.41, 5.74) is 5.24. The first-order chi connectivity index (χ1) is 7.02. The average Bonchev–Trinajstić information content (AvgIpc) is 2.18. The molecule has 1 aromatic carbocycles. The number of ketones is 2. The van der Waals surface area contributed by atoms with Gasteiger partial charge in [0.15, 0.2) is 0 Å². The monoisotopic (exact) mass is 205 g/mol. The molecular formula is C10H7NO4. The summed E-state index contributed by atoms with van der Waals surface area (Å²) in [6.45, 7) is 0. The summed E-state index contributed by atoms with van der Waals surface area (Å²) < 4.78 is 0. The summed E-state index contributed by atoms with van der Waals surface area (Å²) in [6.07, 6.45) is 0.934. The van der Waals surface area contributed by atoms with Crippen LogP contribution in [0.4, 0.5) is 0 Å². The molecule has 0 heterocycles. The highest BCUT2D eigenvalue weighted by atomic mass is 16.3. The number of allylic oxidation sites excluding steroid dienone is 1. The van der Waals surface area contributed by atoms with Gasteiger partial charge in [-0.25, -0.2) is 0 Å². The minimum atomic E-state index is -0.868. The number of phenols is 2. The summed E-state index contributed by atoms with van der Waals surface area (Å²) in [4.78, 5) is 22.5. The molecule has 0 spiro atoms. The third kappa shape index (κ3) is 1.17.